The number of anilines is 1. The van der Waals surface area contributed by atoms with Crippen molar-refractivity contribution in [3.05, 3.63) is 35.9 Å². The van der Waals surface area contributed by atoms with Crippen LogP contribution in [0.15, 0.2) is 30.6 Å². The molecule has 0 saturated carbocycles. The predicted octanol–water partition coefficient (Wildman–Crippen LogP) is 3.68. The molecule has 0 bridgehead atoms. The molecule has 2 atom stereocenters. The Hall–Kier alpha value is -1.59. The molecule has 118 valence electrons. The van der Waals surface area contributed by atoms with E-state index in [1.807, 2.05) is 35.2 Å². The van der Waals surface area contributed by atoms with E-state index >= 15 is 0 Å². The molecule has 2 unspecified atom stereocenters. The quantitative estimate of drug-likeness (QED) is 0.854. The minimum absolute atomic E-state index is 0.245. The van der Waals surface area contributed by atoms with Crippen LogP contribution in [0.3, 0.4) is 0 Å². The Bertz CT molecular complexity index is 596. The first-order valence-corrected chi connectivity index (χ1v) is 8.14. The molecule has 1 fully saturated rings. The smallest absolute Gasteiger partial charge is 0.226 e. The van der Waals surface area contributed by atoms with Gasteiger partial charge in [-0.1, -0.05) is 0 Å². The largest absolute Gasteiger partial charge is 0.378 e. The van der Waals surface area contributed by atoms with E-state index in [-0.39, 0.29) is 11.3 Å². The molecule has 5 nitrogen and oxygen atoms in total. The Morgan fingerprint density at radius 3 is 2.91 bits per heavy atom. The van der Waals surface area contributed by atoms with Gasteiger partial charge in [0, 0.05) is 31.1 Å². The summed E-state index contributed by atoms with van der Waals surface area (Å²) in [6.45, 7) is 3.03. The van der Waals surface area contributed by atoms with Crippen LogP contribution in [0.1, 0.15) is 32.6 Å². The fourth-order valence-corrected chi connectivity index (χ4v) is 2.98. The molecule has 6 heteroatoms. The Balaban J connectivity index is 1.66. The lowest BCUT2D eigenvalue weighted by molar-refractivity contribution is 0.00932. The highest BCUT2D eigenvalue weighted by Gasteiger charge is 2.17. The van der Waals surface area contributed by atoms with Crippen LogP contribution in [0.25, 0.3) is 5.82 Å². The first-order valence-electron chi connectivity index (χ1n) is 7.77. The highest BCUT2D eigenvalue weighted by atomic mass is 35.5. The Kier molecular flexibility index (Phi) is 4.95. The van der Waals surface area contributed by atoms with Gasteiger partial charge >= 0.3 is 0 Å². The van der Waals surface area contributed by atoms with Crippen LogP contribution in [0.4, 0.5) is 5.82 Å². The summed E-state index contributed by atoms with van der Waals surface area (Å²) in [5, 5.41) is 3.65. The molecule has 1 N–H and O–H groups in total. The maximum Gasteiger partial charge on any atom is 0.226 e. The van der Waals surface area contributed by atoms with Gasteiger partial charge in [0.25, 0.3) is 0 Å². The van der Waals surface area contributed by atoms with Crippen molar-refractivity contribution in [2.75, 3.05) is 11.9 Å². The first-order chi connectivity index (χ1) is 10.7. The molecule has 0 aromatic carbocycles. The van der Waals surface area contributed by atoms with Gasteiger partial charge in [-0.2, -0.15) is 4.98 Å². The van der Waals surface area contributed by atoms with E-state index in [2.05, 4.69) is 22.2 Å². The minimum Gasteiger partial charge on any atom is -0.378 e. The molecule has 1 aliphatic heterocycles. The zero-order chi connectivity index (χ0) is 15.4. The van der Waals surface area contributed by atoms with Crippen molar-refractivity contribution in [3.63, 3.8) is 0 Å². The van der Waals surface area contributed by atoms with Gasteiger partial charge in [0.15, 0.2) is 0 Å². The summed E-state index contributed by atoms with van der Waals surface area (Å²) in [7, 11) is 0. The summed E-state index contributed by atoms with van der Waals surface area (Å²) >= 11 is 6.04. The molecule has 0 spiro atoms. The maximum absolute atomic E-state index is 6.04. The topological polar surface area (TPSA) is 52.0 Å². The zero-order valence-electron chi connectivity index (χ0n) is 12.7. The molecule has 3 rings (SSSR count). The van der Waals surface area contributed by atoms with Crippen molar-refractivity contribution in [2.45, 2.75) is 44.8 Å². The molecule has 2 aromatic heterocycles. The highest BCUT2D eigenvalue weighted by Crippen LogP contribution is 2.20. The second kappa shape index (κ2) is 7.11. The number of ether oxygens (including phenoxy) is 1. The number of hydrogen-bond donors (Lipinski definition) is 1. The standard InChI is InChI=1S/C16H21ClN4O/c1-12(10-13-6-2-5-9-22-13)18-14-11-15(20-16(17)19-14)21-7-3-4-8-21/h3-4,7-8,11-13H,2,5-6,9-10H2,1H3,(H,18,19,20). The van der Waals surface area contributed by atoms with Crippen LogP contribution in [0, 0.1) is 0 Å². The number of rotatable bonds is 5. The zero-order valence-corrected chi connectivity index (χ0v) is 13.5. The van der Waals surface area contributed by atoms with E-state index in [1.54, 1.807) is 0 Å². The van der Waals surface area contributed by atoms with E-state index in [9.17, 15) is 0 Å². The van der Waals surface area contributed by atoms with Gasteiger partial charge in [0.05, 0.1) is 6.10 Å². The summed E-state index contributed by atoms with van der Waals surface area (Å²) in [6.07, 6.45) is 8.77. The van der Waals surface area contributed by atoms with Gasteiger partial charge in [-0.3, -0.25) is 0 Å². The predicted molar refractivity (Wildman–Crippen MR) is 87.7 cm³/mol. The Morgan fingerprint density at radius 1 is 1.36 bits per heavy atom. The van der Waals surface area contributed by atoms with E-state index < -0.39 is 0 Å². The van der Waals surface area contributed by atoms with Gasteiger partial charge in [-0.25, -0.2) is 4.98 Å². The molecule has 2 aromatic rings. The van der Waals surface area contributed by atoms with Crippen LogP contribution in [0.5, 0.6) is 0 Å². The van der Waals surface area contributed by atoms with Crippen molar-refractivity contribution in [2.24, 2.45) is 0 Å². The van der Waals surface area contributed by atoms with Crippen molar-refractivity contribution in [1.82, 2.24) is 14.5 Å². The summed E-state index contributed by atoms with van der Waals surface area (Å²) < 4.78 is 7.70. The lowest BCUT2D eigenvalue weighted by Gasteiger charge is -2.26. The van der Waals surface area contributed by atoms with Crippen LogP contribution in [-0.2, 0) is 4.74 Å². The summed E-state index contributed by atoms with van der Waals surface area (Å²) in [6, 6.07) is 6.08. The van der Waals surface area contributed by atoms with Crippen molar-refractivity contribution in [1.29, 1.82) is 0 Å². The van der Waals surface area contributed by atoms with Crippen LogP contribution >= 0.6 is 11.6 Å². The van der Waals surface area contributed by atoms with Crippen molar-refractivity contribution in [3.8, 4) is 5.82 Å². The number of hydrogen-bond acceptors (Lipinski definition) is 4. The summed E-state index contributed by atoms with van der Waals surface area (Å²) in [5.41, 5.74) is 0. The lowest BCUT2D eigenvalue weighted by Crippen LogP contribution is -2.27. The fraction of sp³-hybridized carbons (Fsp3) is 0.500. The average Bonchev–Trinajstić information content (AvgIpc) is 3.01. The molecule has 0 amide bonds. The van der Waals surface area contributed by atoms with Crippen molar-refractivity contribution < 1.29 is 4.74 Å². The second-order valence-corrected chi connectivity index (χ2v) is 6.08. The van der Waals surface area contributed by atoms with Crippen LogP contribution in [-0.4, -0.2) is 33.3 Å². The van der Waals surface area contributed by atoms with Gasteiger partial charge in [-0.15, -0.1) is 0 Å². The Morgan fingerprint density at radius 2 is 2.18 bits per heavy atom. The summed E-state index contributed by atoms with van der Waals surface area (Å²) in [4.78, 5) is 8.52. The van der Waals surface area contributed by atoms with E-state index in [1.165, 1.54) is 12.8 Å². The maximum atomic E-state index is 6.04. The molecular formula is C16H21ClN4O. The molecule has 22 heavy (non-hydrogen) atoms. The highest BCUT2D eigenvalue weighted by molar-refractivity contribution is 6.28. The normalized spacial score (nSPS) is 19.8. The molecule has 1 aliphatic rings. The van der Waals surface area contributed by atoms with Gasteiger partial charge in [-0.05, 0) is 56.3 Å². The number of nitrogens with one attached hydrogen (secondary N) is 1. The van der Waals surface area contributed by atoms with Crippen LogP contribution in [0.2, 0.25) is 5.28 Å². The Labute approximate surface area is 135 Å². The fourth-order valence-electron chi connectivity index (χ4n) is 2.80. The van der Waals surface area contributed by atoms with E-state index in [4.69, 9.17) is 16.3 Å². The van der Waals surface area contributed by atoms with Crippen LogP contribution < -0.4 is 5.32 Å². The lowest BCUT2D eigenvalue weighted by atomic mass is 10.0. The number of halogens is 1. The van der Waals surface area contributed by atoms with E-state index in [0.29, 0.717) is 6.10 Å². The molecule has 3 heterocycles. The van der Waals surface area contributed by atoms with Gasteiger partial charge in [0.2, 0.25) is 5.28 Å². The number of aromatic nitrogens is 3. The first kappa shape index (κ1) is 15.3. The average molecular weight is 321 g/mol. The van der Waals surface area contributed by atoms with E-state index in [0.717, 1.165) is 31.1 Å². The van der Waals surface area contributed by atoms with Gasteiger partial charge in [0.1, 0.15) is 11.6 Å². The monoisotopic (exact) mass is 320 g/mol. The molecule has 0 radical (unpaired) electrons. The third-order valence-corrected chi connectivity index (χ3v) is 4.01. The molecular weight excluding hydrogens is 300 g/mol. The summed E-state index contributed by atoms with van der Waals surface area (Å²) in [5.74, 6) is 1.50. The van der Waals surface area contributed by atoms with Gasteiger partial charge < -0.3 is 14.6 Å². The SMILES string of the molecule is CC(CC1CCCCO1)Nc1cc(-n2cccc2)nc(Cl)n1. The minimum atomic E-state index is 0.245. The third-order valence-electron chi connectivity index (χ3n) is 3.84. The number of nitrogens with zero attached hydrogens (tertiary/aromatic N) is 3. The second-order valence-electron chi connectivity index (χ2n) is 5.74. The third kappa shape index (κ3) is 3.99. The van der Waals surface area contributed by atoms with Crippen molar-refractivity contribution >= 4 is 17.4 Å². The molecule has 1 saturated heterocycles. The molecule has 0 aliphatic carbocycles.